The Balaban J connectivity index is 1.63. The molecule has 0 spiro atoms. The molecule has 1 aromatic carbocycles. The van der Waals surface area contributed by atoms with E-state index in [1.807, 2.05) is 0 Å². The molecular formula is C14H20N2. The van der Waals surface area contributed by atoms with E-state index in [0.717, 1.165) is 12.5 Å². The highest BCUT2D eigenvalue weighted by molar-refractivity contribution is 5.29. The molecule has 2 aliphatic heterocycles. The van der Waals surface area contributed by atoms with E-state index in [-0.39, 0.29) is 0 Å². The van der Waals surface area contributed by atoms with Crippen LogP contribution in [0.15, 0.2) is 24.3 Å². The van der Waals surface area contributed by atoms with E-state index in [4.69, 9.17) is 0 Å². The first-order valence-corrected chi connectivity index (χ1v) is 6.41. The van der Waals surface area contributed by atoms with Gasteiger partial charge in [-0.3, -0.25) is 4.90 Å². The van der Waals surface area contributed by atoms with Crippen molar-refractivity contribution in [2.24, 2.45) is 5.92 Å². The molecule has 0 amide bonds. The molecule has 2 aliphatic rings. The third kappa shape index (κ3) is 2.13. The minimum Gasteiger partial charge on any atom is -0.316 e. The summed E-state index contributed by atoms with van der Waals surface area (Å²) in [6, 6.07) is 8.90. The second-order valence-corrected chi connectivity index (χ2v) is 5.11. The molecule has 16 heavy (non-hydrogen) atoms. The second kappa shape index (κ2) is 4.56. The maximum absolute atomic E-state index is 3.45. The number of benzene rings is 1. The summed E-state index contributed by atoms with van der Waals surface area (Å²) in [5, 5.41) is 3.45. The van der Waals surface area contributed by atoms with Crippen molar-refractivity contribution in [2.75, 3.05) is 26.2 Å². The fourth-order valence-corrected chi connectivity index (χ4v) is 2.95. The topological polar surface area (TPSA) is 15.3 Å². The molecule has 1 aromatic rings. The van der Waals surface area contributed by atoms with Crippen LogP contribution < -0.4 is 5.32 Å². The number of fused-ring (bicyclic) bond motifs is 1. The summed E-state index contributed by atoms with van der Waals surface area (Å²) >= 11 is 0. The summed E-state index contributed by atoms with van der Waals surface area (Å²) in [6.45, 7) is 6.12. The van der Waals surface area contributed by atoms with Gasteiger partial charge in [0.05, 0.1) is 0 Å². The minimum absolute atomic E-state index is 0.880. The molecule has 1 fully saturated rings. The molecule has 86 valence electrons. The predicted molar refractivity (Wildman–Crippen MR) is 66.4 cm³/mol. The molecule has 0 bridgehead atoms. The third-order valence-electron chi connectivity index (χ3n) is 3.89. The van der Waals surface area contributed by atoms with E-state index >= 15 is 0 Å². The number of hydrogen-bond donors (Lipinski definition) is 1. The van der Waals surface area contributed by atoms with Crippen LogP contribution in [0.4, 0.5) is 0 Å². The Morgan fingerprint density at radius 2 is 2.12 bits per heavy atom. The van der Waals surface area contributed by atoms with Crippen molar-refractivity contribution in [2.45, 2.75) is 19.4 Å². The number of nitrogens with zero attached hydrogens (tertiary/aromatic N) is 1. The van der Waals surface area contributed by atoms with Crippen LogP contribution in [0.25, 0.3) is 0 Å². The Bertz CT molecular complexity index is 356. The van der Waals surface area contributed by atoms with Crippen molar-refractivity contribution in [1.29, 1.82) is 0 Å². The first-order chi connectivity index (χ1) is 7.92. The Morgan fingerprint density at radius 1 is 1.25 bits per heavy atom. The SMILES string of the molecule is c1ccc2c(c1)CCN(C[C@H]1CCNC1)C2. The van der Waals surface area contributed by atoms with E-state index in [2.05, 4.69) is 34.5 Å². The van der Waals surface area contributed by atoms with E-state index in [0.29, 0.717) is 0 Å². The lowest BCUT2D eigenvalue weighted by atomic mass is 9.98. The van der Waals surface area contributed by atoms with E-state index in [9.17, 15) is 0 Å². The average Bonchev–Trinajstić information content (AvgIpc) is 2.82. The van der Waals surface area contributed by atoms with Gasteiger partial charge in [0.2, 0.25) is 0 Å². The van der Waals surface area contributed by atoms with Gasteiger partial charge in [0.1, 0.15) is 0 Å². The van der Waals surface area contributed by atoms with Crippen molar-refractivity contribution in [3.8, 4) is 0 Å². The first-order valence-electron chi connectivity index (χ1n) is 6.41. The Kier molecular flexibility index (Phi) is 2.94. The smallest absolute Gasteiger partial charge is 0.0236 e. The van der Waals surface area contributed by atoms with Gasteiger partial charge in [-0.15, -0.1) is 0 Å². The fraction of sp³-hybridized carbons (Fsp3) is 0.571. The molecule has 2 nitrogen and oxygen atoms in total. The van der Waals surface area contributed by atoms with Crippen LogP contribution in [0.5, 0.6) is 0 Å². The molecule has 0 radical (unpaired) electrons. The van der Waals surface area contributed by atoms with Gasteiger partial charge in [-0.1, -0.05) is 24.3 Å². The van der Waals surface area contributed by atoms with Gasteiger partial charge in [-0.2, -0.15) is 0 Å². The highest BCUT2D eigenvalue weighted by Gasteiger charge is 2.21. The van der Waals surface area contributed by atoms with Gasteiger partial charge in [0.25, 0.3) is 0 Å². The van der Waals surface area contributed by atoms with Crippen molar-refractivity contribution in [3.05, 3.63) is 35.4 Å². The van der Waals surface area contributed by atoms with Gasteiger partial charge >= 0.3 is 0 Å². The normalized spacial score (nSPS) is 25.6. The van der Waals surface area contributed by atoms with Crippen LogP contribution in [0.2, 0.25) is 0 Å². The van der Waals surface area contributed by atoms with Gasteiger partial charge in [0.15, 0.2) is 0 Å². The van der Waals surface area contributed by atoms with E-state index in [1.165, 1.54) is 39.0 Å². The predicted octanol–water partition coefficient (Wildman–Crippen LogP) is 1.65. The number of rotatable bonds is 2. The lowest BCUT2D eigenvalue weighted by Crippen LogP contribution is -2.35. The molecule has 1 N–H and O–H groups in total. The van der Waals surface area contributed by atoms with Gasteiger partial charge in [-0.05, 0) is 43.0 Å². The Hall–Kier alpha value is -0.860. The average molecular weight is 216 g/mol. The van der Waals surface area contributed by atoms with Crippen LogP contribution in [-0.4, -0.2) is 31.1 Å². The highest BCUT2D eigenvalue weighted by atomic mass is 15.1. The van der Waals surface area contributed by atoms with Gasteiger partial charge in [-0.25, -0.2) is 0 Å². The van der Waals surface area contributed by atoms with Crippen molar-refractivity contribution < 1.29 is 0 Å². The molecule has 3 rings (SSSR count). The summed E-state index contributed by atoms with van der Waals surface area (Å²) in [7, 11) is 0. The molecule has 0 aromatic heterocycles. The van der Waals surface area contributed by atoms with Crippen molar-refractivity contribution >= 4 is 0 Å². The zero-order valence-corrected chi connectivity index (χ0v) is 9.78. The number of nitrogens with one attached hydrogen (secondary N) is 1. The van der Waals surface area contributed by atoms with E-state index in [1.54, 1.807) is 11.1 Å². The van der Waals surface area contributed by atoms with Crippen LogP contribution in [0.3, 0.4) is 0 Å². The zero-order chi connectivity index (χ0) is 10.8. The first kappa shape index (κ1) is 10.3. The summed E-state index contributed by atoms with van der Waals surface area (Å²) in [5.74, 6) is 0.880. The zero-order valence-electron chi connectivity index (χ0n) is 9.78. The molecule has 1 saturated heterocycles. The highest BCUT2D eigenvalue weighted by Crippen LogP contribution is 2.20. The summed E-state index contributed by atoms with van der Waals surface area (Å²) < 4.78 is 0. The number of hydrogen-bond acceptors (Lipinski definition) is 2. The van der Waals surface area contributed by atoms with Gasteiger partial charge < -0.3 is 5.32 Å². The lowest BCUT2D eigenvalue weighted by molar-refractivity contribution is 0.220. The van der Waals surface area contributed by atoms with Crippen LogP contribution in [-0.2, 0) is 13.0 Å². The standard InChI is InChI=1S/C14H20N2/c1-2-4-14-11-16(8-6-13(14)3-1)10-12-5-7-15-9-12/h1-4,12,15H,5-11H2/t12-/m0/s1. The molecule has 0 unspecified atom stereocenters. The van der Waals surface area contributed by atoms with Crippen LogP contribution >= 0.6 is 0 Å². The monoisotopic (exact) mass is 216 g/mol. The Labute approximate surface area is 97.6 Å². The van der Waals surface area contributed by atoms with Crippen LogP contribution in [0.1, 0.15) is 17.5 Å². The summed E-state index contributed by atoms with van der Waals surface area (Å²) in [4.78, 5) is 2.62. The summed E-state index contributed by atoms with van der Waals surface area (Å²) in [5.41, 5.74) is 3.10. The molecule has 2 heterocycles. The largest absolute Gasteiger partial charge is 0.316 e. The maximum atomic E-state index is 3.45. The van der Waals surface area contributed by atoms with Crippen LogP contribution in [0, 0.1) is 5.92 Å². The van der Waals surface area contributed by atoms with Gasteiger partial charge in [0, 0.05) is 19.6 Å². The molecule has 2 heteroatoms. The third-order valence-corrected chi connectivity index (χ3v) is 3.89. The minimum atomic E-state index is 0.880. The second-order valence-electron chi connectivity index (χ2n) is 5.11. The molecule has 0 saturated carbocycles. The fourth-order valence-electron chi connectivity index (χ4n) is 2.95. The maximum Gasteiger partial charge on any atom is 0.0236 e. The van der Waals surface area contributed by atoms with Crippen molar-refractivity contribution in [1.82, 2.24) is 10.2 Å². The van der Waals surface area contributed by atoms with Crippen molar-refractivity contribution in [3.63, 3.8) is 0 Å². The molecule has 0 aliphatic carbocycles. The Morgan fingerprint density at radius 3 is 2.94 bits per heavy atom. The lowest BCUT2D eigenvalue weighted by Gasteiger charge is -2.30. The molecular weight excluding hydrogens is 196 g/mol. The summed E-state index contributed by atoms with van der Waals surface area (Å²) in [6.07, 6.45) is 2.59. The van der Waals surface area contributed by atoms with E-state index < -0.39 is 0 Å². The molecule has 1 atom stereocenters. The quantitative estimate of drug-likeness (QED) is 0.808.